The van der Waals surface area contributed by atoms with Crippen molar-refractivity contribution in [2.45, 2.75) is 24.7 Å². The summed E-state index contributed by atoms with van der Waals surface area (Å²) in [6.45, 7) is 3.24. The molecule has 0 atom stereocenters. The molecule has 0 saturated heterocycles. The van der Waals surface area contributed by atoms with Crippen LogP contribution in [0.1, 0.15) is 25.3 Å². The van der Waals surface area contributed by atoms with Crippen molar-refractivity contribution < 1.29 is 18.3 Å². The maximum absolute atomic E-state index is 12.1. The summed E-state index contributed by atoms with van der Waals surface area (Å²) in [6.07, 6.45) is 4.26. The number of ether oxygens (including phenoxy) is 1. The number of rotatable bonds is 8. The fourth-order valence-corrected chi connectivity index (χ4v) is 2.55. The average Bonchev–Trinajstić information content (AvgIpc) is 2.49. The van der Waals surface area contributed by atoms with Crippen LogP contribution in [0.25, 0.3) is 0 Å². The Morgan fingerprint density at radius 3 is 2.90 bits per heavy atom. The number of pyridine rings is 1. The molecular formula is C14H20N2O4S. The molecule has 1 aromatic heterocycles. The topological polar surface area (TPSA) is 88.5 Å². The molecule has 0 aromatic carbocycles. The van der Waals surface area contributed by atoms with Crippen LogP contribution >= 0.6 is 0 Å². The number of aliphatic hydroxyl groups excluding tert-OH is 1. The maximum Gasteiger partial charge on any atom is 0.242 e. The molecule has 21 heavy (non-hydrogen) atoms. The lowest BCUT2D eigenvalue weighted by Crippen LogP contribution is -2.25. The third-order valence-electron chi connectivity index (χ3n) is 2.44. The summed E-state index contributed by atoms with van der Waals surface area (Å²) >= 11 is 0. The van der Waals surface area contributed by atoms with E-state index in [1.807, 2.05) is 6.92 Å². The number of nitrogens with zero attached hydrogens (tertiary/aromatic N) is 1. The van der Waals surface area contributed by atoms with E-state index in [0.29, 0.717) is 31.7 Å². The molecule has 0 fully saturated rings. The van der Waals surface area contributed by atoms with E-state index in [0.717, 1.165) is 6.42 Å². The maximum atomic E-state index is 12.1. The van der Waals surface area contributed by atoms with Gasteiger partial charge in [-0.1, -0.05) is 18.8 Å². The van der Waals surface area contributed by atoms with Crippen LogP contribution in [0, 0.1) is 11.8 Å². The zero-order chi connectivity index (χ0) is 15.6. The summed E-state index contributed by atoms with van der Waals surface area (Å²) in [7, 11) is -3.60. The fourth-order valence-electron chi connectivity index (χ4n) is 1.49. The third kappa shape index (κ3) is 6.69. The Morgan fingerprint density at radius 1 is 1.38 bits per heavy atom. The minimum Gasteiger partial charge on any atom is -0.384 e. The zero-order valence-corrected chi connectivity index (χ0v) is 12.8. The lowest BCUT2D eigenvalue weighted by atomic mass is 10.3. The summed E-state index contributed by atoms with van der Waals surface area (Å²) < 4.78 is 31.9. The smallest absolute Gasteiger partial charge is 0.242 e. The van der Waals surface area contributed by atoms with Crippen LogP contribution in [0.5, 0.6) is 0 Å². The standard InChI is InChI=1S/C14H20N2O4S/c1-2-8-20-9-4-6-16-21(18,19)14-10-13(5-3-7-17)11-15-12-14/h10-12,16-17H,2,4,6-9H2,1H3. The Hall–Kier alpha value is -1.46. The van der Waals surface area contributed by atoms with Gasteiger partial charge in [-0.15, -0.1) is 0 Å². The molecule has 1 heterocycles. The molecule has 0 amide bonds. The van der Waals surface area contributed by atoms with Crippen molar-refractivity contribution in [2.75, 3.05) is 26.4 Å². The number of hydrogen-bond donors (Lipinski definition) is 2. The number of sulfonamides is 1. The highest BCUT2D eigenvalue weighted by atomic mass is 32.2. The van der Waals surface area contributed by atoms with Crippen LogP contribution in [-0.2, 0) is 14.8 Å². The first kappa shape index (κ1) is 17.6. The van der Waals surface area contributed by atoms with Crippen molar-refractivity contribution in [3.05, 3.63) is 24.0 Å². The average molecular weight is 312 g/mol. The van der Waals surface area contributed by atoms with Gasteiger partial charge >= 0.3 is 0 Å². The lowest BCUT2D eigenvalue weighted by Gasteiger charge is -2.07. The number of hydrogen-bond acceptors (Lipinski definition) is 5. The van der Waals surface area contributed by atoms with Gasteiger partial charge in [0, 0.05) is 37.7 Å². The normalized spacial score (nSPS) is 11.0. The van der Waals surface area contributed by atoms with E-state index < -0.39 is 10.0 Å². The van der Waals surface area contributed by atoms with Gasteiger partial charge in [0.25, 0.3) is 0 Å². The lowest BCUT2D eigenvalue weighted by molar-refractivity contribution is 0.133. The Morgan fingerprint density at radius 2 is 2.19 bits per heavy atom. The Balaban J connectivity index is 2.57. The van der Waals surface area contributed by atoms with Crippen LogP contribution in [0.15, 0.2) is 23.4 Å². The predicted molar refractivity (Wildman–Crippen MR) is 79.1 cm³/mol. The molecule has 116 valence electrons. The second-order valence-electron chi connectivity index (χ2n) is 4.23. The van der Waals surface area contributed by atoms with Gasteiger partial charge in [0.2, 0.25) is 10.0 Å². The summed E-state index contributed by atoms with van der Waals surface area (Å²) in [5.41, 5.74) is 0.443. The van der Waals surface area contributed by atoms with Crippen LogP contribution in [0.3, 0.4) is 0 Å². The van der Waals surface area contributed by atoms with E-state index >= 15 is 0 Å². The van der Waals surface area contributed by atoms with Crippen molar-refractivity contribution >= 4 is 10.0 Å². The van der Waals surface area contributed by atoms with E-state index in [2.05, 4.69) is 21.5 Å². The van der Waals surface area contributed by atoms with Gasteiger partial charge in [-0.3, -0.25) is 4.98 Å². The quantitative estimate of drug-likeness (QED) is 0.540. The molecule has 0 radical (unpaired) electrons. The van der Waals surface area contributed by atoms with E-state index in [9.17, 15) is 8.42 Å². The highest BCUT2D eigenvalue weighted by molar-refractivity contribution is 7.89. The molecule has 0 spiro atoms. The van der Waals surface area contributed by atoms with Gasteiger partial charge in [-0.2, -0.15) is 0 Å². The SMILES string of the molecule is CCCOCCCNS(=O)(=O)c1cncc(C#CCO)c1. The number of nitrogens with one attached hydrogen (secondary N) is 1. The van der Waals surface area contributed by atoms with Gasteiger partial charge in [-0.05, 0) is 18.9 Å². The second kappa shape index (κ2) is 9.47. The van der Waals surface area contributed by atoms with E-state index in [1.54, 1.807) is 0 Å². The van der Waals surface area contributed by atoms with Crippen molar-refractivity contribution in [2.24, 2.45) is 0 Å². The molecule has 0 aliphatic carbocycles. The van der Waals surface area contributed by atoms with Gasteiger partial charge in [-0.25, -0.2) is 13.1 Å². The number of aliphatic hydroxyl groups is 1. The minimum atomic E-state index is -3.60. The van der Waals surface area contributed by atoms with E-state index in [-0.39, 0.29) is 11.5 Å². The third-order valence-corrected chi connectivity index (χ3v) is 3.87. The molecule has 6 nitrogen and oxygen atoms in total. The van der Waals surface area contributed by atoms with Crippen LogP contribution in [0.4, 0.5) is 0 Å². The molecule has 0 unspecified atom stereocenters. The molecule has 0 aliphatic rings. The summed E-state index contributed by atoms with van der Waals surface area (Å²) in [5, 5.41) is 8.63. The van der Waals surface area contributed by atoms with Crippen molar-refractivity contribution in [3.63, 3.8) is 0 Å². The summed E-state index contributed by atoms with van der Waals surface area (Å²) in [5.74, 6) is 5.07. The van der Waals surface area contributed by atoms with Crippen molar-refractivity contribution in [1.29, 1.82) is 0 Å². The van der Waals surface area contributed by atoms with Gasteiger partial charge in [0.05, 0.1) is 0 Å². The van der Waals surface area contributed by atoms with Crippen molar-refractivity contribution in [3.8, 4) is 11.8 Å². The first-order chi connectivity index (χ1) is 10.1. The molecule has 7 heteroatoms. The summed E-state index contributed by atoms with van der Waals surface area (Å²) in [6, 6.07) is 1.42. The molecule has 1 rings (SSSR count). The monoisotopic (exact) mass is 312 g/mol. The largest absolute Gasteiger partial charge is 0.384 e. The Bertz CT molecular complexity index is 590. The molecule has 1 aromatic rings. The predicted octanol–water partition coefficient (Wildman–Crippen LogP) is 0.520. The van der Waals surface area contributed by atoms with Crippen molar-refractivity contribution in [1.82, 2.24) is 9.71 Å². The van der Waals surface area contributed by atoms with Crippen LogP contribution < -0.4 is 4.72 Å². The molecular weight excluding hydrogens is 292 g/mol. The Labute approximate surface area is 125 Å². The fraction of sp³-hybridized carbons (Fsp3) is 0.500. The summed E-state index contributed by atoms with van der Waals surface area (Å²) in [4.78, 5) is 3.90. The Kier molecular flexibility index (Phi) is 7.93. The first-order valence-electron chi connectivity index (χ1n) is 6.72. The number of aromatic nitrogens is 1. The van der Waals surface area contributed by atoms with Gasteiger partial charge in [0.1, 0.15) is 11.5 Å². The molecule has 2 N–H and O–H groups in total. The first-order valence-corrected chi connectivity index (χ1v) is 8.20. The molecule has 0 aliphatic heterocycles. The molecule has 0 saturated carbocycles. The van der Waals surface area contributed by atoms with Crippen LogP contribution in [0.2, 0.25) is 0 Å². The van der Waals surface area contributed by atoms with Crippen LogP contribution in [-0.4, -0.2) is 44.9 Å². The zero-order valence-electron chi connectivity index (χ0n) is 12.0. The highest BCUT2D eigenvalue weighted by Crippen LogP contribution is 2.08. The highest BCUT2D eigenvalue weighted by Gasteiger charge is 2.13. The molecule has 0 bridgehead atoms. The van der Waals surface area contributed by atoms with E-state index in [4.69, 9.17) is 9.84 Å². The van der Waals surface area contributed by atoms with Gasteiger partial charge in [0.15, 0.2) is 0 Å². The van der Waals surface area contributed by atoms with E-state index in [1.165, 1.54) is 18.5 Å². The van der Waals surface area contributed by atoms with Gasteiger partial charge < -0.3 is 9.84 Å². The minimum absolute atomic E-state index is 0.0571. The second-order valence-corrected chi connectivity index (χ2v) is 6.00.